The van der Waals surface area contributed by atoms with Gasteiger partial charge in [0.25, 0.3) is 5.56 Å². The predicted molar refractivity (Wildman–Crippen MR) is 97.0 cm³/mol. The van der Waals surface area contributed by atoms with Crippen molar-refractivity contribution in [3.05, 3.63) is 76.0 Å². The Morgan fingerprint density at radius 2 is 1.96 bits per heavy atom. The number of carbonyl (C=O) groups is 1. The Morgan fingerprint density at radius 3 is 2.68 bits per heavy atom. The van der Waals surface area contributed by atoms with E-state index in [1.54, 1.807) is 19.2 Å². The summed E-state index contributed by atoms with van der Waals surface area (Å²) in [7, 11) is 1.25. The summed E-state index contributed by atoms with van der Waals surface area (Å²) in [6.07, 6.45) is 1.55. The molecule has 9 heteroatoms. The van der Waals surface area contributed by atoms with Gasteiger partial charge >= 0.3 is 5.97 Å². The molecule has 3 heterocycles. The lowest BCUT2D eigenvalue weighted by Crippen LogP contribution is -2.26. The Balaban J connectivity index is 1.80. The molecule has 28 heavy (non-hydrogen) atoms. The van der Waals surface area contributed by atoms with Crippen molar-refractivity contribution in [3.8, 4) is 5.69 Å². The number of carbonyl (C=O) groups excluding carboxylic acids is 1. The van der Waals surface area contributed by atoms with Crippen LogP contribution in [0.15, 0.2) is 51.8 Å². The molecule has 0 amide bonds. The van der Waals surface area contributed by atoms with E-state index in [1.807, 2.05) is 0 Å². The van der Waals surface area contributed by atoms with Gasteiger partial charge in [-0.1, -0.05) is 0 Å². The van der Waals surface area contributed by atoms with Gasteiger partial charge in [-0.05, 0) is 43.3 Å². The molecule has 0 radical (unpaired) electrons. The zero-order chi connectivity index (χ0) is 19.8. The molecule has 0 atom stereocenters. The van der Waals surface area contributed by atoms with E-state index in [4.69, 9.17) is 4.42 Å². The van der Waals surface area contributed by atoms with E-state index in [1.165, 1.54) is 46.8 Å². The van der Waals surface area contributed by atoms with E-state index in [-0.39, 0.29) is 18.1 Å². The van der Waals surface area contributed by atoms with Crippen LogP contribution in [0.25, 0.3) is 16.6 Å². The highest BCUT2D eigenvalue weighted by Gasteiger charge is 2.17. The third kappa shape index (κ3) is 2.96. The van der Waals surface area contributed by atoms with Gasteiger partial charge in [-0.25, -0.2) is 18.5 Å². The van der Waals surface area contributed by atoms with E-state index in [0.29, 0.717) is 28.0 Å². The zero-order valence-corrected chi connectivity index (χ0v) is 15.0. The Hall–Kier alpha value is -3.75. The van der Waals surface area contributed by atoms with E-state index in [2.05, 4.69) is 14.9 Å². The second-order valence-electron chi connectivity index (χ2n) is 6.10. The van der Waals surface area contributed by atoms with Crippen LogP contribution in [-0.2, 0) is 11.3 Å². The maximum Gasteiger partial charge on any atom is 0.373 e. The topological polar surface area (TPSA) is 92.2 Å². The molecule has 0 N–H and O–H groups in total. The molecule has 4 rings (SSSR count). The smallest absolute Gasteiger partial charge is 0.373 e. The fourth-order valence-corrected chi connectivity index (χ4v) is 2.93. The summed E-state index contributed by atoms with van der Waals surface area (Å²) in [6, 6.07) is 8.73. The molecule has 1 aromatic carbocycles. The lowest BCUT2D eigenvalue weighted by Gasteiger charge is -2.07. The first-order chi connectivity index (χ1) is 13.5. The summed E-state index contributed by atoms with van der Waals surface area (Å²) in [6.45, 7) is 1.79. The van der Waals surface area contributed by atoms with Crippen LogP contribution in [0, 0.1) is 12.7 Å². The minimum atomic E-state index is -0.604. The van der Waals surface area contributed by atoms with Crippen molar-refractivity contribution in [2.45, 2.75) is 13.5 Å². The summed E-state index contributed by atoms with van der Waals surface area (Å²) in [5, 5.41) is 9.16. The average Bonchev–Trinajstić information content (AvgIpc) is 3.33. The first kappa shape index (κ1) is 17.7. The summed E-state index contributed by atoms with van der Waals surface area (Å²) < 4.78 is 25.9. The van der Waals surface area contributed by atoms with Gasteiger partial charge in [-0.15, -0.1) is 0 Å². The van der Waals surface area contributed by atoms with Crippen LogP contribution < -0.4 is 5.56 Å². The number of halogens is 1. The summed E-state index contributed by atoms with van der Waals surface area (Å²) in [5.41, 5.74) is 1.08. The maximum absolute atomic E-state index is 13.2. The number of rotatable bonds is 4. The number of aromatic nitrogens is 4. The van der Waals surface area contributed by atoms with Crippen LogP contribution in [0.1, 0.15) is 22.0 Å². The molecule has 142 valence electrons. The second-order valence-corrected chi connectivity index (χ2v) is 6.10. The molecule has 0 unspecified atom stereocenters. The van der Waals surface area contributed by atoms with Gasteiger partial charge in [0.1, 0.15) is 23.6 Å². The lowest BCUT2D eigenvalue weighted by atomic mass is 10.2. The molecule has 0 bridgehead atoms. The number of ether oxygens (including phenoxy) is 1. The van der Waals surface area contributed by atoms with Crippen LogP contribution in [0.2, 0.25) is 0 Å². The number of methoxy groups -OCH3 is 1. The van der Waals surface area contributed by atoms with Crippen molar-refractivity contribution in [2.24, 2.45) is 0 Å². The molecule has 8 nitrogen and oxygen atoms in total. The molecular weight excluding hydrogens is 367 g/mol. The molecule has 0 saturated carbocycles. The van der Waals surface area contributed by atoms with Crippen molar-refractivity contribution in [1.29, 1.82) is 0 Å². The van der Waals surface area contributed by atoms with Gasteiger partial charge in [0.05, 0.1) is 24.7 Å². The highest BCUT2D eigenvalue weighted by molar-refractivity contribution is 5.86. The standard InChI is InChI=1S/C19H15FN4O4/c1-11-15-9-21-24(13-5-3-12(20)4-6-13)17(15)18(25)23(22-11)10-14-7-8-16(28-14)19(26)27-2/h3-9H,10H2,1-2H3. The summed E-state index contributed by atoms with van der Waals surface area (Å²) in [4.78, 5) is 24.6. The van der Waals surface area contributed by atoms with Gasteiger partial charge < -0.3 is 9.15 Å². The molecule has 3 aromatic heterocycles. The molecule has 0 aliphatic carbocycles. The molecular formula is C19H15FN4O4. The minimum Gasteiger partial charge on any atom is -0.463 e. The van der Waals surface area contributed by atoms with E-state index < -0.39 is 11.5 Å². The van der Waals surface area contributed by atoms with E-state index >= 15 is 0 Å². The third-order valence-electron chi connectivity index (χ3n) is 4.29. The number of aryl methyl sites for hydroxylation is 1. The number of benzene rings is 1. The van der Waals surface area contributed by atoms with Crippen molar-refractivity contribution >= 4 is 16.9 Å². The Labute approximate surface area is 157 Å². The zero-order valence-electron chi connectivity index (χ0n) is 15.0. The van der Waals surface area contributed by atoms with E-state index in [9.17, 15) is 14.0 Å². The van der Waals surface area contributed by atoms with Gasteiger partial charge in [0.15, 0.2) is 0 Å². The van der Waals surface area contributed by atoms with Gasteiger partial charge in [0, 0.05) is 5.39 Å². The third-order valence-corrected chi connectivity index (χ3v) is 4.29. The van der Waals surface area contributed by atoms with E-state index in [0.717, 1.165) is 0 Å². The molecule has 0 aliphatic rings. The quantitative estimate of drug-likeness (QED) is 0.504. The Morgan fingerprint density at radius 1 is 1.21 bits per heavy atom. The van der Waals surface area contributed by atoms with Crippen molar-refractivity contribution < 1.29 is 18.3 Å². The molecule has 0 aliphatic heterocycles. The first-order valence-corrected chi connectivity index (χ1v) is 8.36. The van der Waals surface area contributed by atoms with Crippen LogP contribution in [0.4, 0.5) is 4.39 Å². The van der Waals surface area contributed by atoms with Gasteiger partial charge in [-0.2, -0.15) is 10.2 Å². The van der Waals surface area contributed by atoms with Crippen LogP contribution in [0.3, 0.4) is 0 Å². The van der Waals surface area contributed by atoms with Crippen molar-refractivity contribution in [2.75, 3.05) is 7.11 Å². The largest absolute Gasteiger partial charge is 0.463 e. The van der Waals surface area contributed by atoms with Gasteiger partial charge in [0.2, 0.25) is 5.76 Å². The van der Waals surface area contributed by atoms with Crippen LogP contribution >= 0.6 is 0 Å². The summed E-state index contributed by atoms with van der Waals surface area (Å²) >= 11 is 0. The van der Waals surface area contributed by atoms with Crippen molar-refractivity contribution in [3.63, 3.8) is 0 Å². The highest BCUT2D eigenvalue weighted by Crippen LogP contribution is 2.18. The number of nitrogens with zero attached hydrogens (tertiary/aromatic N) is 4. The fraction of sp³-hybridized carbons (Fsp3) is 0.158. The number of furan rings is 1. The monoisotopic (exact) mass is 382 g/mol. The average molecular weight is 382 g/mol. The number of hydrogen-bond acceptors (Lipinski definition) is 6. The normalized spacial score (nSPS) is 11.1. The summed E-state index contributed by atoms with van der Waals surface area (Å²) in [5.74, 6) is -0.566. The number of fused-ring (bicyclic) bond motifs is 1. The van der Waals surface area contributed by atoms with Crippen LogP contribution in [-0.4, -0.2) is 32.6 Å². The predicted octanol–water partition coefficient (Wildman–Crippen LogP) is 2.46. The Bertz CT molecular complexity index is 1240. The second kappa shape index (κ2) is 6.76. The fourth-order valence-electron chi connectivity index (χ4n) is 2.93. The first-order valence-electron chi connectivity index (χ1n) is 8.36. The van der Waals surface area contributed by atoms with Gasteiger partial charge in [-0.3, -0.25) is 4.79 Å². The maximum atomic E-state index is 13.2. The molecule has 0 spiro atoms. The molecule has 0 saturated heterocycles. The van der Waals surface area contributed by atoms with Crippen LogP contribution in [0.5, 0.6) is 0 Å². The van der Waals surface area contributed by atoms with Crippen molar-refractivity contribution in [1.82, 2.24) is 19.6 Å². The Kier molecular flexibility index (Phi) is 4.26. The molecule has 4 aromatic rings. The lowest BCUT2D eigenvalue weighted by molar-refractivity contribution is 0.0562. The SMILES string of the molecule is COC(=O)c1ccc(Cn2nc(C)c3cnn(-c4ccc(F)cc4)c3c2=O)o1. The number of esters is 1. The minimum absolute atomic E-state index is 0.0290. The highest BCUT2D eigenvalue weighted by atomic mass is 19.1. The molecule has 0 fully saturated rings. The number of hydrogen-bond donors (Lipinski definition) is 0.